The van der Waals surface area contributed by atoms with Crippen LogP contribution in [0.2, 0.25) is 0 Å². The SMILES string of the molecule is [C-]#[N+]c1ccc(-c2ccc(-n3c4ccc(-c5ccc(C)cc5C)cc4c4cc(-c5ccc(C)cc5C)ccc43)c(-c3cc(-c4nc(-c5ccccc5)nc(-c5ccccc5)n4)ccc3-n3c4ccc(-c5ccc(C)cc5C)cc4c4cc(-c5ccc(C)cc5C)ccc43)c2)cc1. The van der Waals surface area contributed by atoms with E-state index < -0.39 is 0 Å². The second-order valence-corrected chi connectivity index (χ2v) is 26.0. The van der Waals surface area contributed by atoms with Crippen LogP contribution < -0.4 is 0 Å². The molecule has 3 heterocycles. The Hall–Kier alpha value is -12.0. The highest BCUT2D eigenvalue weighted by Gasteiger charge is 2.25. The van der Waals surface area contributed by atoms with Crippen LogP contribution in [0.3, 0.4) is 0 Å². The molecule has 0 fully saturated rings. The summed E-state index contributed by atoms with van der Waals surface area (Å²) in [7, 11) is 0. The van der Waals surface area contributed by atoms with Crippen molar-refractivity contribution in [1.82, 2.24) is 24.1 Å². The highest BCUT2D eigenvalue weighted by Crippen LogP contribution is 2.47. The molecule has 0 N–H and O–H groups in total. The average molecular weight is 1230 g/mol. The summed E-state index contributed by atoms with van der Waals surface area (Å²) >= 11 is 0. The Kier molecular flexibility index (Phi) is 14.6. The predicted octanol–water partition coefficient (Wildman–Crippen LogP) is 24.1. The van der Waals surface area contributed by atoms with Crippen molar-refractivity contribution in [3.05, 3.63) is 323 Å². The van der Waals surface area contributed by atoms with Gasteiger partial charge in [-0.25, -0.2) is 19.8 Å². The minimum atomic E-state index is 0.552. The van der Waals surface area contributed by atoms with Crippen LogP contribution in [-0.4, -0.2) is 24.1 Å². The zero-order valence-electron chi connectivity index (χ0n) is 55.1. The molecular formula is C90H68N6. The Bertz CT molecular complexity index is 5590. The summed E-state index contributed by atoms with van der Waals surface area (Å²) in [5.41, 5.74) is 32.9. The molecule has 6 nitrogen and oxygen atoms in total. The quantitative estimate of drug-likeness (QED) is 0.121. The van der Waals surface area contributed by atoms with Crippen LogP contribution in [0, 0.1) is 62.0 Å². The largest absolute Gasteiger partial charge is 0.309 e. The molecule has 16 aromatic rings. The summed E-state index contributed by atoms with van der Waals surface area (Å²) in [4.78, 5) is 19.8. The van der Waals surface area contributed by atoms with Crippen LogP contribution >= 0.6 is 0 Å². The molecule has 0 aliphatic heterocycles. The third-order valence-electron chi connectivity index (χ3n) is 19.4. The molecule has 0 radical (unpaired) electrons. The molecule has 0 aliphatic rings. The van der Waals surface area contributed by atoms with Crippen molar-refractivity contribution in [3.8, 4) is 112 Å². The lowest BCUT2D eigenvalue weighted by Gasteiger charge is -2.21. The molecule has 0 unspecified atom stereocenters. The van der Waals surface area contributed by atoms with E-state index in [4.69, 9.17) is 21.5 Å². The maximum atomic E-state index is 7.94. The highest BCUT2D eigenvalue weighted by atomic mass is 15.0. The predicted molar refractivity (Wildman–Crippen MR) is 402 cm³/mol. The molecule has 3 aromatic heterocycles. The third-order valence-corrected chi connectivity index (χ3v) is 19.4. The van der Waals surface area contributed by atoms with E-state index in [1.54, 1.807) is 0 Å². The fourth-order valence-corrected chi connectivity index (χ4v) is 14.7. The van der Waals surface area contributed by atoms with E-state index in [2.05, 4.69) is 288 Å². The summed E-state index contributed by atoms with van der Waals surface area (Å²) in [6.45, 7) is 25.5. The molecule has 16 rings (SSSR count). The van der Waals surface area contributed by atoms with Gasteiger partial charge < -0.3 is 9.13 Å². The van der Waals surface area contributed by atoms with Crippen molar-refractivity contribution in [2.24, 2.45) is 0 Å². The van der Waals surface area contributed by atoms with Gasteiger partial charge in [0.2, 0.25) is 0 Å². The number of rotatable bonds is 11. The first-order chi connectivity index (χ1) is 46.8. The number of hydrogen-bond donors (Lipinski definition) is 0. The van der Waals surface area contributed by atoms with E-state index in [9.17, 15) is 0 Å². The normalized spacial score (nSPS) is 11.5. The average Bonchev–Trinajstić information content (AvgIpc) is 1.55. The van der Waals surface area contributed by atoms with Gasteiger partial charge in [-0.1, -0.05) is 210 Å². The van der Waals surface area contributed by atoms with Gasteiger partial charge in [-0.05, 0) is 212 Å². The topological polar surface area (TPSA) is 52.9 Å². The minimum Gasteiger partial charge on any atom is -0.309 e. The number of fused-ring (bicyclic) bond motifs is 6. The Morgan fingerprint density at radius 1 is 0.250 bits per heavy atom. The molecule has 0 atom stereocenters. The molecule has 0 saturated heterocycles. The lowest BCUT2D eigenvalue weighted by Crippen LogP contribution is -2.04. The maximum absolute atomic E-state index is 7.94. The fraction of sp³-hybridized carbons (Fsp3) is 0.0889. The second kappa shape index (κ2) is 23.8. The zero-order chi connectivity index (χ0) is 65.5. The summed E-state index contributed by atoms with van der Waals surface area (Å²) in [6.07, 6.45) is 0. The van der Waals surface area contributed by atoms with Crippen molar-refractivity contribution in [3.63, 3.8) is 0 Å². The van der Waals surface area contributed by atoms with Gasteiger partial charge >= 0.3 is 0 Å². The molecule has 0 saturated carbocycles. The van der Waals surface area contributed by atoms with Crippen LogP contribution in [0.4, 0.5) is 5.69 Å². The molecule has 0 amide bonds. The summed E-state index contributed by atoms with van der Waals surface area (Å²) < 4.78 is 4.97. The summed E-state index contributed by atoms with van der Waals surface area (Å²) in [5, 5.41) is 4.61. The molecule has 0 bridgehead atoms. The van der Waals surface area contributed by atoms with E-state index in [1.807, 2.05) is 48.5 Å². The smallest absolute Gasteiger partial charge is 0.187 e. The summed E-state index contributed by atoms with van der Waals surface area (Å²) in [6, 6.07) is 97.3. The first kappa shape index (κ1) is 59.0. The first-order valence-electron chi connectivity index (χ1n) is 32.9. The van der Waals surface area contributed by atoms with E-state index >= 15 is 0 Å². The van der Waals surface area contributed by atoms with Crippen LogP contribution in [-0.2, 0) is 0 Å². The van der Waals surface area contributed by atoms with Gasteiger partial charge in [0.25, 0.3) is 0 Å². The highest BCUT2D eigenvalue weighted by molar-refractivity contribution is 6.14. The summed E-state index contributed by atoms with van der Waals surface area (Å²) in [5.74, 6) is 1.72. The minimum absolute atomic E-state index is 0.552. The van der Waals surface area contributed by atoms with Crippen LogP contribution in [0.15, 0.2) is 267 Å². The van der Waals surface area contributed by atoms with Gasteiger partial charge in [-0.15, -0.1) is 0 Å². The van der Waals surface area contributed by atoms with Crippen molar-refractivity contribution < 1.29 is 0 Å². The first-order valence-corrected chi connectivity index (χ1v) is 32.9. The van der Waals surface area contributed by atoms with Crippen molar-refractivity contribution in [1.29, 1.82) is 0 Å². The zero-order valence-corrected chi connectivity index (χ0v) is 55.1. The van der Waals surface area contributed by atoms with E-state index in [0.717, 1.165) is 105 Å². The van der Waals surface area contributed by atoms with Gasteiger partial charge in [0.15, 0.2) is 23.2 Å². The molecule has 13 aromatic carbocycles. The molecule has 0 aliphatic carbocycles. The second-order valence-electron chi connectivity index (χ2n) is 26.0. The van der Waals surface area contributed by atoms with Crippen LogP contribution in [0.1, 0.15) is 44.5 Å². The Morgan fingerprint density at radius 2 is 0.552 bits per heavy atom. The molecule has 0 spiro atoms. The van der Waals surface area contributed by atoms with E-state index in [1.165, 1.54) is 77.9 Å². The Balaban J connectivity index is 1.03. The van der Waals surface area contributed by atoms with Gasteiger partial charge in [0.1, 0.15) is 0 Å². The van der Waals surface area contributed by atoms with Crippen LogP contribution in [0.5, 0.6) is 0 Å². The number of benzene rings is 13. The standard InChI is InChI=1S/C90H68N6/c1-54-20-34-72(58(5)44-54)66-27-39-83-77(49-66)78-50-67(73-35-21-55(2)45-59(73)6)28-40-84(78)95(83)82-38-26-65(62-24-32-71(91-9)33-25-62)48-76(82)81-53-70(90-93-88(63-16-12-10-13-17-63)92-89(94-90)64-18-14-11-15-19-64)31-43-87(81)96-85-41-29-68(74-36-22-56(3)46-60(74)7)51-79(85)80-52-69(30-42-86(80)96)75-37-23-57(4)47-61(75)8/h10-53H,1-8H3. The lowest BCUT2D eigenvalue weighted by molar-refractivity contribution is 1.07. The van der Waals surface area contributed by atoms with Crippen molar-refractivity contribution in [2.45, 2.75) is 55.4 Å². The van der Waals surface area contributed by atoms with Gasteiger partial charge in [-0.2, -0.15) is 0 Å². The molecule has 96 heavy (non-hydrogen) atoms. The number of aryl methyl sites for hydroxylation is 8. The lowest BCUT2D eigenvalue weighted by atomic mass is 9.94. The number of nitrogens with zero attached hydrogens (tertiary/aromatic N) is 6. The number of aromatic nitrogens is 5. The van der Waals surface area contributed by atoms with Gasteiger partial charge in [-0.3, -0.25) is 0 Å². The monoisotopic (exact) mass is 1230 g/mol. The van der Waals surface area contributed by atoms with Gasteiger partial charge in [0.05, 0.1) is 40.0 Å². The number of hydrogen-bond acceptors (Lipinski definition) is 3. The van der Waals surface area contributed by atoms with Gasteiger partial charge in [0, 0.05) is 49.4 Å². The van der Waals surface area contributed by atoms with Crippen LogP contribution in [0.25, 0.3) is 161 Å². The van der Waals surface area contributed by atoms with Crippen molar-refractivity contribution in [2.75, 3.05) is 0 Å². The molecular weight excluding hydrogens is 1170 g/mol. The maximum Gasteiger partial charge on any atom is 0.187 e. The van der Waals surface area contributed by atoms with Crippen molar-refractivity contribution >= 4 is 49.3 Å². The third kappa shape index (κ3) is 10.5. The fourth-order valence-electron chi connectivity index (χ4n) is 14.7. The molecule has 6 heteroatoms. The van der Waals surface area contributed by atoms with E-state index in [0.29, 0.717) is 23.2 Å². The Labute approximate surface area is 560 Å². The molecule has 458 valence electrons. The van der Waals surface area contributed by atoms with E-state index in [-0.39, 0.29) is 0 Å². The Morgan fingerprint density at radius 3 is 0.885 bits per heavy atom.